The topological polar surface area (TPSA) is 96.2 Å². The van der Waals surface area contributed by atoms with Crippen LogP contribution in [0.1, 0.15) is 0 Å². The molecule has 0 aromatic carbocycles. The molecule has 0 saturated heterocycles. The lowest BCUT2D eigenvalue weighted by molar-refractivity contribution is 0.898. The third-order valence-corrected chi connectivity index (χ3v) is 2.48. The monoisotopic (exact) mass is 234 g/mol. The van der Waals surface area contributed by atoms with Gasteiger partial charge in [-0.25, -0.2) is 4.52 Å². The maximum atomic E-state index is 11.1. The van der Waals surface area contributed by atoms with Gasteiger partial charge < -0.3 is 10.7 Å². The summed E-state index contributed by atoms with van der Waals surface area (Å²) < 4.78 is 1.11. The van der Waals surface area contributed by atoms with Crippen LogP contribution in [-0.2, 0) is 0 Å². The SMILES string of the molecule is Nc1c(=O)c(=O)[nH]n2c(Cl)c(Cl)[nH]c12. The normalized spacial score (nSPS) is 11.0. The molecule has 2 aromatic heterocycles. The number of nitrogen functional groups attached to an aromatic ring is 1. The molecule has 0 fully saturated rings. The third kappa shape index (κ3) is 1.04. The number of hydrogen-bond acceptors (Lipinski definition) is 3. The first-order valence-electron chi connectivity index (χ1n) is 3.50. The van der Waals surface area contributed by atoms with Crippen LogP contribution < -0.4 is 16.7 Å². The van der Waals surface area contributed by atoms with Gasteiger partial charge in [0.25, 0.3) is 5.43 Å². The van der Waals surface area contributed by atoms with Crippen molar-refractivity contribution in [3.8, 4) is 0 Å². The van der Waals surface area contributed by atoms with E-state index in [4.69, 9.17) is 28.9 Å². The van der Waals surface area contributed by atoms with Crippen molar-refractivity contribution in [1.29, 1.82) is 0 Å². The number of aromatic nitrogens is 3. The van der Waals surface area contributed by atoms with E-state index in [0.29, 0.717) is 0 Å². The summed E-state index contributed by atoms with van der Waals surface area (Å²) in [5.41, 5.74) is 3.68. The van der Waals surface area contributed by atoms with Crippen LogP contribution in [0.4, 0.5) is 5.69 Å². The molecule has 74 valence electrons. The fraction of sp³-hybridized carbons (Fsp3) is 0. The second-order valence-corrected chi connectivity index (χ2v) is 3.33. The number of rotatable bonds is 0. The van der Waals surface area contributed by atoms with E-state index >= 15 is 0 Å². The van der Waals surface area contributed by atoms with Crippen molar-refractivity contribution < 1.29 is 0 Å². The summed E-state index contributed by atoms with van der Waals surface area (Å²) in [6.07, 6.45) is 0. The van der Waals surface area contributed by atoms with E-state index < -0.39 is 11.0 Å². The summed E-state index contributed by atoms with van der Waals surface area (Å²) in [6, 6.07) is 0. The number of nitrogens with two attached hydrogens (primary N) is 1. The zero-order valence-corrected chi connectivity index (χ0v) is 8.11. The highest BCUT2D eigenvalue weighted by atomic mass is 35.5. The van der Waals surface area contributed by atoms with E-state index in [1.807, 2.05) is 0 Å². The zero-order valence-electron chi connectivity index (χ0n) is 6.60. The number of fused-ring (bicyclic) bond motifs is 1. The van der Waals surface area contributed by atoms with Crippen LogP contribution >= 0.6 is 23.2 Å². The number of H-pyrrole nitrogens is 2. The second kappa shape index (κ2) is 2.79. The van der Waals surface area contributed by atoms with Gasteiger partial charge in [0, 0.05) is 0 Å². The van der Waals surface area contributed by atoms with Crippen LogP contribution in [-0.4, -0.2) is 14.6 Å². The molecule has 2 heterocycles. The smallest absolute Gasteiger partial charge is 0.312 e. The molecule has 0 aliphatic heterocycles. The number of imidazole rings is 1. The minimum atomic E-state index is -0.849. The molecule has 0 radical (unpaired) electrons. The highest BCUT2D eigenvalue weighted by Crippen LogP contribution is 2.22. The van der Waals surface area contributed by atoms with Gasteiger partial charge in [-0.1, -0.05) is 23.2 Å². The Morgan fingerprint density at radius 1 is 1.29 bits per heavy atom. The van der Waals surface area contributed by atoms with E-state index in [1.54, 1.807) is 0 Å². The van der Waals surface area contributed by atoms with Crippen LogP contribution in [0.15, 0.2) is 9.59 Å². The van der Waals surface area contributed by atoms with E-state index in [0.717, 1.165) is 4.52 Å². The lowest BCUT2D eigenvalue weighted by Crippen LogP contribution is -2.31. The fourth-order valence-electron chi connectivity index (χ4n) is 1.08. The Labute approximate surface area is 86.2 Å². The Bertz CT molecular complexity index is 623. The number of anilines is 1. The average Bonchev–Trinajstić information content (AvgIpc) is 2.42. The Morgan fingerprint density at radius 2 is 1.93 bits per heavy atom. The third-order valence-electron chi connectivity index (χ3n) is 1.75. The number of aromatic amines is 2. The van der Waals surface area contributed by atoms with Gasteiger partial charge in [0.15, 0.2) is 10.8 Å². The van der Waals surface area contributed by atoms with Gasteiger partial charge in [0.2, 0.25) is 0 Å². The van der Waals surface area contributed by atoms with Crippen molar-refractivity contribution in [2.75, 3.05) is 5.73 Å². The summed E-state index contributed by atoms with van der Waals surface area (Å²) in [4.78, 5) is 24.7. The van der Waals surface area contributed by atoms with Crippen LogP contribution in [0.3, 0.4) is 0 Å². The van der Waals surface area contributed by atoms with Crippen molar-refractivity contribution in [3.05, 3.63) is 30.9 Å². The summed E-state index contributed by atoms with van der Waals surface area (Å²) in [5, 5.41) is 2.37. The van der Waals surface area contributed by atoms with Crippen molar-refractivity contribution in [2.45, 2.75) is 0 Å². The molecule has 0 bridgehead atoms. The van der Waals surface area contributed by atoms with Gasteiger partial charge in [-0.2, -0.15) is 0 Å². The summed E-state index contributed by atoms with van der Waals surface area (Å²) in [7, 11) is 0. The highest BCUT2D eigenvalue weighted by molar-refractivity contribution is 6.40. The molecule has 0 aliphatic carbocycles. The molecule has 14 heavy (non-hydrogen) atoms. The molecule has 0 saturated carbocycles. The van der Waals surface area contributed by atoms with Crippen LogP contribution in [0.2, 0.25) is 10.3 Å². The first kappa shape index (κ1) is 9.17. The molecule has 0 atom stereocenters. The van der Waals surface area contributed by atoms with Crippen molar-refractivity contribution in [1.82, 2.24) is 14.6 Å². The second-order valence-electron chi connectivity index (χ2n) is 2.60. The standard InChI is InChI=1S/C6H4Cl2N4O2/c7-3-4(8)12-5(10-3)1(9)2(13)6(14)11-12/h10H,9H2,(H,11,14). The lowest BCUT2D eigenvalue weighted by atomic mass is 10.4. The number of nitrogens with zero attached hydrogens (tertiary/aromatic N) is 1. The first-order chi connectivity index (χ1) is 6.52. The molecule has 0 amide bonds. The maximum Gasteiger partial charge on any atom is 0.312 e. The number of hydrogen-bond donors (Lipinski definition) is 3. The number of halogens is 2. The number of nitrogens with one attached hydrogen (secondary N) is 2. The van der Waals surface area contributed by atoms with Crippen LogP contribution in [0.5, 0.6) is 0 Å². The van der Waals surface area contributed by atoms with Gasteiger partial charge in [-0.3, -0.25) is 14.7 Å². The average molecular weight is 235 g/mol. The molecule has 0 spiro atoms. The quantitative estimate of drug-likeness (QED) is 0.569. The molecule has 0 unspecified atom stereocenters. The maximum absolute atomic E-state index is 11.1. The fourth-order valence-corrected chi connectivity index (χ4v) is 1.43. The van der Waals surface area contributed by atoms with E-state index in [2.05, 4.69) is 10.1 Å². The van der Waals surface area contributed by atoms with Gasteiger partial charge in [0.1, 0.15) is 10.8 Å². The Hall–Kier alpha value is -1.40. The van der Waals surface area contributed by atoms with Gasteiger partial charge in [-0.05, 0) is 0 Å². The minimum Gasteiger partial charge on any atom is -0.392 e. The molecule has 0 aliphatic rings. The summed E-state index contributed by atoms with van der Waals surface area (Å²) in [5.74, 6) is 0. The molecular formula is C6H4Cl2N4O2. The van der Waals surface area contributed by atoms with Gasteiger partial charge in [0.05, 0.1) is 0 Å². The van der Waals surface area contributed by atoms with Crippen molar-refractivity contribution >= 4 is 34.5 Å². The largest absolute Gasteiger partial charge is 0.392 e. The molecule has 2 aromatic rings. The Kier molecular flexibility index (Phi) is 1.83. The van der Waals surface area contributed by atoms with E-state index in [9.17, 15) is 9.59 Å². The molecule has 4 N–H and O–H groups in total. The molecule has 6 nitrogen and oxygen atoms in total. The van der Waals surface area contributed by atoms with Gasteiger partial charge in [-0.15, -0.1) is 0 Å². The summed E-state index contributed by atoms with van der Waals surface area (Å²) >= 11 is 11.4. The van der Waals surface area contributed by atoms with Crippen LogP contribution in [0.25, 0.3) is 5.65 Å². The predicted molar refractivity (Wildman–Crippen MR) is 53.1 cm³/mol. The van der Waals surface area contributed by atoms with E-state index in [1.165, 1.54) is 0 Å². The minimum absolute atomic E-state index is 0.0606. The Balaban J connectivity index is 3.14. The summed E-state index contributed by atoms with van der Waals surface area (Å²) in [6.45, 7) is 0. The van der Waals surface area contributed by atoms with Crippen molar-refractivity contribution in [3.63, 3.8) is 0 Å². The van der Waals surface area contributed by atoms with Gasteiger partial charge >= 0.3 is 5.56 Å². The molecular weight excluding hydrogens is 231 g/mol. The molecule has 2 rings (SSSR count). The molecule has 8 heteroatoms. The highest BCUT2D eigenvalue weighted by Gasteiger charge is 2.12. The predicted octanol–water partition coefficient (Wildman–Crippen LogP) is 0.205. The van der Waals surface area contributed by atoms with Crippen molar-refractivity contribution in [2.24, 2.45) is 0 Å². The van der Waals surface area contributed by atoms with E-state index in [-0.39, 0.29) is 21.6 Å². The Morgan fingerprint density at radius 3 is 2.57 bits per heavy atom. The zero-order chi connectivity index (χ0) is 10.5. The first-order valence-corrected chi connectivity index (χ1v) is 4.25. The lowest BCUT2D eigenvalue weighted by Gasteiger charge is -1.96. The van der Waals surface area contributed by atoms with Crippen LogP contribution in [0, 0.1) is 0 Å².